The van der Waals surface area contributed by atoms with Crippen LogP contribution in [-0.2, 0) is 0 Å². The summed E-state index contributed by atoms with van der Waals surface area (Å²) in [6, 6.07) is 10.1. The molecule has 3 heteroatoms. The van der Waals surface area contributed by atoms with E-state index in [0.29, 0.717) is 6.04 Å². The van der Waals surface area contributed by atoms with Crippen LogP contribution >= 0.6 is 0 Å². The molecular formula is C18H29N3. The zero-order valence-electron chi connectivity index (χ0n) is 13.7. The quantitative estimate of drug-likeness (QED) is 0.868. The van der Waals surface area contributed by atoms with E-state index < -0.39 is 0 Å². The Bertz CT molecular complexity index is 467. The third-order valence-electron chi connectivity index (χ3n) is 4.98. The van der Waals surface area contributed by atoms with Crippen molar-refractivity contribution in [3.05, 3.63) is 29.8 Å². The van der Waals surface area contributed by atoms with Gasteiger partial charge in [-0.2, -0.15) is 0 Å². The lowest BCUT2D eigenvalue weighted by molar-refractivity contribution is 0.310. The van der Waals surface area contributed by atoms with Gasteiger partial charge >= 0.3 is 0 Å². The predicted molar refractivity (Wildman–Crippen MR) is 89.9 cm³/mol. The summed E-state index contributed by atoms with van der Waals surface area (Å²) in [6.45, 7) is 6.06. The van der Waals surface area contributed by atoms with Gasteiger partial charge in [-0.15, -0.1) is 0 Å². The molecule has 0 radical (unpaired) electrons. The molecule has 116 valence electrons. The van der Waals surface area contributed by atoms with Crippen molar-refractivity contribution in [3.8, 4) is 0 Å². The summed E-state index contributed by atoms with van der Waals surface area (Å²) in [6.07, 6.45) is 4.24. The molecule has 1 aromatic carbocycles. The Morgan fingerprint density at radius 2 is 2.00 bits per heavy atom. The Morgan fingerprint density at radius 1 is 1.24 bits per heavy atom. The zero-order valence-corrected chi connectivity index (χ0v) is 13.7. The Kier molecular flexibility index (Phi) is 4.51. The highest BCUT2D eigenvalue weighted by molar-refractivity contribution is 5.53. The van der Waals surface area contributed by atoms with Gasteiger partial charge < -0.3 is 15.1 Å². The van der Waals surface area contributed by atoms with Gasteiger partial charge in [0.15, 0.2) is 0 Å². The van der Waals surface area contributed by atoms with E-state index in [4.69, 9.17) is 0 Å². The smallest absolute Gasteiger partial charge is 0.0409 e. The van der Waals surface area contributed by atoms with Gasteiger partial charge in [0.05, 0.1) is 0 Å². The average Bonchev–Trinajstić information content (AvgIpc) is 3.24. The van der Waals surface area contributed by atoms with E-state index in [1.165, 1.54) is 43.6 Å². The van der Waals surface area contributed by atoms with E-state index >= 15 is 0 Å². The number of anilines is 1. The fraction of sp³-hybridized carbons (Fsp3) is 0.667. The van der Waals surface area contributed by atoms with Crippen LogP contribution in [0, 0.1) is 5.92 Å². The van der Waals surface area contributed by atoms with Crippen molar-refractivity contribution < 1.29 is 0 Å². The van der Waals surface area contributed by atoms with Crippen LogP contribution in [0.2, 0.25) is 0 Å². The molecule has 0 spiro atoms. The molecule has 1 N–H and O–H groups in total. The lowest BCUT2D eigenvalue weighted by atomic mass is 10.0. The molecule has 1 aromatic rings. The normalized spacial score (nSPS) is 24.2. The molecule has 2 aliphatic rings. The van der Waals surface area contributed by atoms with Crippen LogP contribution < -0.4 is 10.2 Å². The minimum absolute atomic E-state index is 0.415. The van der Waals surface area contributed by atoms with Gasteiger partial charge in [-0.05, 0) is 56.8 Å². The summed E-state index contributed by atoms with van der Waals surface area (Å²) >= 11 is 0. The summed E-state index contributed by atoms with van der Waals surface area (Å²) in [4.78, 5) is 4.91. The largest absolute Gasteiger partial charge is 0.377 e. The molecule has 0 unspecified atom stereocenters. The molecule has 0 amide bonds. The van der Waals surface area contributed by atoms with Crippen LogP contribution in [0.5, 0.6) is 0 Å². The standard InChI is InChI=1S/C18H29N3/c1-14(17-6-4-5-7-18(17)20(2)3)19-12-15-10-11-21(13-15)16-8-9-16/h4-7,14-16,19H,8-13H2,1-3H3/t14-,15+/m1/s1. The van der Waals surface area contributed by atoms with Gasteiger partial charge in [0.2, 0.25) is 0 Å². The maximum absolute atomic E-state index is 3.76. The molecule has 1 saturated carbocycles. The highest BCUT2D eigenvalue weighted by Gasteiger charge is 2.34. The monoisotopic (exact) mass is 287 g/mol. The van der Waals surface area contributed by atoms with Crippen LogP contribution in [-0.4, -0.2) is 44.7 Å². The van der Waals surface area contributed by atoms with Crippen molar-refractivity contribution in [2.24, 2.45) is 5.92 Å². The summed E-state index contributed by atoms with van der Waals surface area (Å²) in [7, 11) is 4.24. The predicted octanol–water partition coefficient (Wildman–Crippen LogP) is 2.89. The van der Waals surface area contributed by atoms with Crippen LogP contribution in [0.4, 0.5) is 5.69 Å². The number of hydrogen-bond donors (Lipinski definition) is 1. The van der Waals surface area contributed by atoms with E-state index in [-0.39, 0.29) is 0 Å². The molecule has 1 saturated heterocycles. The number of nitrogens with zero attached hydrogens (tertiary/aromatic N) is 2. The van der Waals surface area contributed by atoms with Gasteiger partial charge in [0.25, 0.3) is 0 Å². The van der Waals surface area contributed by atoms with Crippen LogP contribution in [0.1, 0.15) is 37.8 Å². The maximum atomic E-state index is 3.76. The van der Waals surface area contributed by atoms with Gasteiger partial charge in [-0.25, -0.2) is 0 Å². The number of hydrogen-bond acceptors (Lipinski definition) is 3. The fourth-order valence-corrected chi connectivity index (χ4v) is 3.51. The SMILES string of the molecule is C[C@@H](NC[C@@H]1CCN(C2CC2)C1)c1ccccc1N(C)C. The minimum atomic E-state index is 0.415. The highest BCUT2D eigenvalue weighted by atomic mass is 15.2. The second-order valence-corrected chi connectivity index (χ2v) is 6.96. The van der Waals surface area contributed by atoms with Gasteiger partial charge in [-0.3, -0.25) is 0 Å². The van der Waals surface area contributed by atoms with Crippen molar-refractivity contribution in [1.29, 1.82) is 0 Å². The molecule has 2 fully saturated rings. The number of rotatable bonds is 6. The fourth-order valence-electron chi connectivity index (χ4n) is 3.51. The maximum Gasteiger partial charge on any atom is 0.0409 e. The Morgan fingerprint density at radius 3 is 2.71 bits per heavy atom. The van der Waals surface area contributed by atoms with Crippen LogP contribution in [0.25, 0.3) is 0 Å². The van der Waals surface area contributed by atoms with Crippen molar-refractivity contribution in [2.75, 3.05) is 38.6 Å². The molecule has 1 aliphatic carbocycles. The first kappa shape index (κ1) is 14.9. The lowest BCUT2D eigenvalue weighted by Gasteiger charge is -2.23. The number of para-hydroxylation sites is 1. The molecule has 1 heterocycles. The van der Waals surface area contributed by atoms with Crippen LogP contribution in [0.3, 0.4) is 0 Å². The van der Waals surface area contributed by atoms with Gasteiger partial charge in [-0.1, -0.05) is 18.2 Å². The molecule has 0 aromatic heterocycles. The number of benzene rings is 1. The second-order valence-electron chi connectivity index (χ2n) is 6.96. The van der Waals surface area contributed by atoms with E-state index in [2.05, 4.69) is 60.4 Å². The molecule has 21 heavy (non-hydrogen) atoms. The highest BCUT2D eigenvalue weighted by Crippen LogP contribution is 2.32. The summed E-state index contributed by atoms with van der Waals surface area (Å²) in [5.74, 6) is 0.833. The summed E-state index contributed by atoms with van der Waals surface area (Å²) in [5.41, 5.74) is 2.73. The minimum Gasteiger partial charge on any atom is -0.377 e. The van der Waals surface area contributed by atoms with Crippen molar-refractivity contribution in [2.45, 2.75) is 38.3 Å². The van der Waals surface area contributed by atoms with Crippen molar-refractivity contribution in [3.63, 3.8) is 0 Å². The Balaban J connectivity index is 1.53. The Hall–Kier alpha value is -1.06. The first-order valence-corrected chi connectivity index (χ1v) is 8.39. The van der Waals surface area contributed by atoms with Crippen molar-refractivity contribution >= 4 is 5.69 Å². The lowest BCUT2D eigenvalue weighted by Crippen LogP contribution is -2.29. The molecule has 1 aliphatic heterocycles. The van der Waals surface area contributed by atoms with Crippen LogP contribution in [0.15, 0.2) is 24.3 Å². The zero-order chi connectivity index (χ0) is 14.8. The van der Waals surface area contributed by atoms with E-state index in [1.54, 1.807) is 0 Å². The third kappa shape index (κ3) is 3.58. The number of likely N-dealkylation sites (tertiary alicyclic amines) is 1. The van der Waals surface area contributed by atoms with E-state index in [9.17, 15) is 0 Å². The van der Waals surface area contributed by atoms with Gasteiger partial charge in [0.1, 0.15) is 0 Å². The summed E-state index contributed by atoms with van der Waals surface area (Å²) in [5, 5.41) is 3.76. The molecule has 0 bridgehead atoms. The van der Waals surface area contributed by atoms with E-state index in [1.807, 2.05) is 0 Å². The Labute approximate surface area is 129 Å². The van der Waals surface area contributed by atoms with E-state index in [0.717, 1.165) is 18.5 Å². The average molecular weight is 287 g/mol. The molecule has 2 atom stereocenters. The number of nitrogens with one attached hydrogen (secondary N) is 1. The second kappa shape index (κ2) is 6.37. The first-order valence-electron chi connectivity index (χ1n) is 8.39. The molecular weight excluding hydrogens is 258 g/mol. The molecule has 3 nitrogen and oxygen atoms in total. The summed E-state index contributed by atoms with van der Waals surface area (Å²) < 4.78 is 0. The molecule has 3 rings (SSSR count). The first-order chi connectivity index (χ1) is 10.1. The third-order valence-corrected chi connectivity index (χ3v) is 4.98. The van der Waals surface area contributed by atoms with Gasteiger partial charge in [0, 0.05) is 38.4 Å². The topological polar surface area (TPSA) is 18.5 Å². The van der Waals surface area contributed by atoms with Crippen molar-refractivity contribution in [1.82, 2.24) is 10.2 Å².